The van der Waals surface area contributed by atoms with E-state index < -0.39 is 0 Å². The minimum absolute atomic E-state index is 0.651. The Kier molecular flexibility index (Phi) is 4.19. The van der Waals surface area contributed by atoms with Crippen LogP contribution in [0.5, 0.6) is 0 Å². The van der Waals surface area contributed by atoms with Crippen LogP contribution in [0.15, 0.2) is 18.3 Å². The van der Waals surface area contributed by atoms with E-state index in [1.807, 2.05) is 6.07 Å². The average molecular weight is 205 g/mol. The molecule has 0 saturated carbocycles. The molecule has 66 valence electrons. The van der Waals surface area contributed by atoms with Crippen LogP contribution in [0, 0.1) is 0 Å². The smallest absolute Gasteiger partial charge is 0.125 e. The monoisotopic (exact) mass is 204 g/mol. The van der Waals surface area contributed by atoms with Gasteiger partial charge in [-0.05, 0) is 18.6 Å². The van der Waals surface area contributed by atoms with Gasteiger partial charge in [-0.15, -0.1) is 11.6 Å². The predicted molar refractivity (Wildman–Crippen MR) is 53.1 cm³/mol. The zero-order valence-corrected chi connectivity index (χ0v) is 8.07. The molecule has 1 heterocycles. The fourth-order valence-electron chi connectivity index (χ4n) is 0.764. The summed E-state index contributed by atoms with van der Waals surface area (Å²) in [7, 11) is 0. The number of pyridine rings is 1. The Morgan fingerprint density at radius 3 is 2.83 bits per heavy atom. The third-order valence-corrected chi connectivity index (χ3v) is 1.83. The van der Waals surface area contributed by atoms with Gasteiger partial charge >= 0.3 is 0 Å². The normalized spacial score (nSPS) is 9.83. The molecule has 12 heavy (non-hydrogen) atoms. The van der Waals surface area contributed by atoms with E-state index in [-0.39, 0.29) is 0 Å². The number of rotatable bonds is 4. The summed E-state index contributed by atoms with van der Waals surface area (Å²) in [6, 6.07) is 3.65. The van der Waals surface area contributed by atoms with Gasteiger partial charge in [-0.1, -0.05) is 11.6 Å². The predicted octanol–water partition coefficient (Wildman–Crippen LogP) is 2.78. The number of hydrogen-bond acceptors (Lipinski definition) is 2. The van der Waals surface area contributed by atoms with Crippen LogP contribution in [0.2, 0.25) is 5.02 Å². The van der Waals surface area contributed by atoms with Crippen molar-refractivity contribution in [2.75, 3.05) is 17.7 Å². The Morgan fingerprint density at radius 1 is 1.42 bits per heavy atom. The molecule has 0 saturated heterocycles. The minimum Gasteiger partial charge on any atom is -0.370 e. The maximum Gasteiger partial charge on any atom is 0.125 e. The molecule has 1 aromatic heterocycles. The molecule has 1 aromatic rings. The van der Waals surface area contributed by atoms with Crippen molar-refractivity contribution in [3.05, 3.63) is 23.4 Å². The first-order chi connectivity index (χ1) is 5.83. The summed E-state index contributed by atoms with van der Waals surface area (Å²) >= 11 is 11.2. The van der Waals surface area contributed by atoms with Crippen molar-refractivity contribution in [2.45, 2.75) is 6.42 Å². The second-order valence-electron chi connectivity index (χ2n) is 2.33. The first-order valence-corrected chi connectivity index (χ1v) is 4.65. The molecule has 0 aliphatic heterocycles. The molecule has 0 aliphatic carbocycles. The highest BCUT2D eigenvalue weighted by molar-refractivity contribution is 6.30. The van der Waals surface area contributed by atoms with Gasteiger partial charge in [-0.2, -0.15) is 0 Å². The molecule has 4 heteroatoms. The minimum atomic E-state index is 0.651. The number of anilines is 1. The molecule has 0 radical (unpaired) electrons. The van der Waals surface area contributed by atoms with Crippen molar-refractivity contribution in [1.29, 1.82) is 0 Å². The van der Waals surface area contributed by atoms with Crippen LogP contribution < -0.4 is 5.32 Å². The lowest BCUT2D eigenvalue weighted by atomic mass is 10.4. The summed E-state index contributed by atoms with van der Waals surface area (Å²) in [5.74, 6) is 1.50. The van der Waals surface area contributed by atoms with Crippen LogP contribution in [-0.4, -0.2) is 17.4 Å². The van der Waals surface area contributed by atoms with Crippen molar-refractivity contribution in [3.8, 4) is 0 Å². The second kappa shape index (κ2) is 5.22. The zero-order valence-electron chi connectivity index (χ0n) is 6.56. The molecule has 0 amide bonds. The largest absolute Gasteiger partial charge is 0.370 e. The Bertz CT molecular complexity index is 223. The van der Waals surface area contributed by atoms with Gasteiger partial charge in [-0.3, -0.25) is 0 Å². The van der Waals surface area contributed by atoms with Crippen molar-refractivity contribution in [2.24, 2.45) is 0 Å². The van der Waals surface area contributed by atoms with Gasteiger partial charge < -0.3 is 5.32 Å². The summed E-state index contributed by atoms with van der Waals surface area (Å²) in [5, 5.41) is 3.77. The number of hydrogen-bond donors (Lipinski definition) is 1. The van der Waals surface area contributed by atoms with E-state index in [1.165, 1.54) is 0 Å². The summed E-state index contributed by atoms with van der Waals surface area (Å²) in [6.45, 7) is 0.845. The Hall–Kier alpha value is -0.470. The third kappa shape index (κ3) is 3.28. The van der Waals surface area contributed by atoms with Gasteiger partial charge in [0.15, 0.2) is 0 Å². The molecule has 0 fully saturated rings. The quantitative estimate of drug-likeness (QED) is 0.603. The first-order valence-electron chi connectivity index (χ1n) is 3.74. The van der Waals surface area contributed by atoms with Gasteiger partial charge in [0.05, 0.1) is 5.02 Å². The van der Waals surface area contributed by atoms with Crippen molar-refractivity contribution in [1.82, 2.24) is 4.98 Å². The fourth-order valence-corrected chi connectivity index (χ4v) is 1.01. The van der Waals surface area contributed by atoms with Crippen LogP contribution in [0.1, 0.15) is 6.42 Å². The molecule has 0 aromatic carbocycles. The maximum absolute atomic E-state index is 5.66. The molecule has 2 nitrogen and oxygen atoms in total. The first kappa shape index (κ1) is 9.62. The van der Waals surface area contributed by atoms with Crippen LogP contribution in [0.3, 0.4) is 0 Å². The Morgan fingerprint density at radius 2 is 2.25 bits per heavy atom. The standard InChI is InChI=1S/C8H10Cl2N2/c9-4-1-5-11-8-3-2-7(10)6-12-8/h2-3,6H,1,4-5H2,(H,11,12). The number of alkyl halides is 1. The van der Waals surface area contributed by atoms with Crippen LogP contribution in [0.25, 0.3) is 0 Å². The number of aromatic nitrogens is 1. The summed E-state index contributed by atoms with van der Waals surface area (Å²) < 4.78 is 0. The summed E-state index contributed by atoms with van der Waals surface area (Å²) in [4.78, 5) is 4.06. The Balaban J connectivity index is 2.37. The molecule has 0 bridgehead atoms. The zero-order chi connectivity index (χ0) is 8.81. The van der Waals surface area contributed by atoms with E-state index in [0.29, 0.717) is 10.9 Å². The lowest BCUT2D eigenvalue weighted by molar-refractivity contribution is 0.976. The molecule has 0 spiro atoms. The summed E-state index contributed by atoms with van der Waals surface area (Å²) in [6.07, 6.45) is 2.55. The highest BCUT2D eigenvalue weighted by Gasteiger charge is 1.91. The van der Waals surface area contributed by atoms with E-state index in [4.69, 9.17) is 23.2 Å². The van der Waals surface area contributed by atoms with Gasteiger partial charge in [0.1, 0.15) is 5.82 Å². The van der Waals surface area contributed by atoms with Crippen LogP contribution in [-0.2, 0) is 0 Å². The van der Waals surface area contributed by atoms with E-state index in [2.05, 4.69) is 10.3 Å². The van der Waals surface area contributed by atoms with Gasteiger partial charge in [0.2, 0.25) is 0 Å². The van der Waals surface area contributed by atoms with Crippen LogP contribution in [0.4, 0.5) is 5.82 Å². The highest BCUT2D eigenvalue weighted by Crippen LogP contribution is 2.09. The van der Waals surface area contributed by atoms with E-state index in [1.54, 1.807) is 12.3 Å². The molecule has 0 aliphatic rings. The van der Waals surface area contributed by atoms with Crippen molar-refractivity contribution in [3.63, 3.8) is 0 Å². The fraction of sp³-hybridized carbons (Fsp3) is 0.375. The maximum atomic E-state index is 5.66. The molecular formula is C8H10Cl2N2. The van der Waals surface area contributed by atoms with E-state index in [9.17, 15) is 0 Å². The number of halogens is 2. The van der Waals surface area contributed by atoms with Gasteiger partial charge in [0.25, 0.3) is 0 Å². The molecule has 0 atom stereocenters. The topological polar surface area (TPSA) is 24.9 Å². The van der Waals surface area contributed by atoms with E-state index >= 15 is 0 Å². The van der Waals surface area contributed by atoms with Crippen molar-refractivity contribution >= 4 is 29.0 Å². The van der Waals surface area contributed by atoms with E-state index in [0.717, 1.165) is 18.8 Å². The van der Waals surface area contributed by atoms with Gasteiger partial charge in [0, 0.05) is 18.6 Å². The molecular weight excluding hydrogens is 195 g/mol. The Labute approximate surface area is 81.9 Å². The second-order valence-corrected chi connectivity index (χ2v) is 3.15. The SMILES string of the molecule is ClCCCNc1ccc(Cl)cn1. The number of nitrogens with one attached hydrogen (secondary N) is 1. The third-order valence-electron chi connectivity index (χ3n) is 1.34. The number of nitrogens with zero attached hydrogens (tertiary/aromatic N) is 1. The lowest BCUT2D eigenvalue weighted by Crippen LogP contribution is -2.02. The van der Waals surface area contributed by atoms with Gasteiger partial charge in [-0.25, -0.2) is 4.98 Å². The van der Waals surface area contributed by atoms with Crippen molar-refractivity contribution < 1.29 is 0 Å². The van der Waals surface area contributed by atoms with Crippen LogP contribution >= 0.6 is 23.2 Å². The lowest BCUT2D eigenvalue weighted by Gasteiger charge is -2.02. The average Bonchev–Trinajstić information content (AvgIpc) is 2.09. The summed E-state index contributed by atoms with van der Waals surface area (Å²) in [5.41, 5.74) is 0. The molecule has 0 unspecified atom stereocenters. The molecule has 1 N–H and O–H groups in total. The highest BCUT2D eigenvalue weighted by atomic mass is 35.5. The molecule has 1 rings (SSSR count).